The number of aliphatic carboxylic acids is 1. The molecule has 1 aliphatic carbocycles. The number of carboxylic acids is 1. The van der Waals surface area contributed by atoms with E-state index in [0.29, 0.717) is 16.5 Å². The van der Waals surface area contributed by atoms with Crippen LogP contribution in [0.1, 0.15) is 24.8 Å². The Morgan fingerprint density at radius 3 is 2.56 bits per heavy atom. The molecule has 0 spiro atoms. The molecule has 1 fully saturated rings. The zero-order valence-corrected chi connectivity index (χ0v) is 10.2. The number of carbonyl (C=O) groups is 1. The molecule has 0 aliphatic heterocycles. The van der Waals surface area contributed by atoms with Crippen LogP contribution in [0.2, 0.25) is 10.0 Å². The minimum Gasteiger partial charge on any atom is -0.481 e. The summed E-state index contributed by atoms with van der Waals surface area (Å²) in [5.74, 6) is -0.727. The molecule has 16 heavy (non-hydrogen) atoms. The molecule has 0 amide bonds. The van der Waals surface area contributed by atoms with Crippen molar-refractivity contribution in [3.8, 4) is 0 Å². The number of benzene rings is 1. The third-order valence-electron chi connectivity index (χ3n) is 3.30. The molecule has 1 aromatic carbocycles. The molecule has 0 bridgehead atoms. The fourth-order valence-corrected chi connectivity index (χ4v) is 2.49. The Morgan fingerprint density at radius 1 is 1.38 bits per heavy atom. The SMILES string of the molecule is O=C(O)C1(Cc2cc(Cl)ccc2Cl)CCC1. The molecule has 0 heterocycles. The van der Waals surface area contributed by atoms with E-state index in [-0.39, 0.29) is 0 Å². The van der Waals surface area contributed by atoms with Gasteiger partial charge in [0.05, 0.1) is 5.41 Å². The van der Waals surface area contributed by atoms with Gasteiger partial charge in [-0.2, -0.15) is 0 Å². The Bertz CT molecular complexity index is 425. The summed E-state index contributed by atoms with van der Waals surface area (Å²) in [6.07, 6.45) is 2.91. The molecule has 1 aromatic rings. The molecular weight excluding hydrogens is 247 g/mol. The topological polar surface area (TPSA) is 37.3 Å². The summed E-state index contributed by atoms with van der Waals surface area (Å²) in [4.78, 5) is 11.2. The predicted molar refractivity (Wildman–Crippen MR) is 64.1 cm³/mol. The second kappa shape index (κ2) is 4.27. The number of hydrogen-bond acceptors (Lipinski definition) is 1. The monoisotopic (exact) mass is 258 g/mol. The normalized spacial score (nSPS) is 17.9. The summed E-state index contributed by atoms with van der Waals surface area (Å²) in [6, 6.07) is 5.18. The van der Waals surface area contributed by atoms with Crippen molar-refractivity contribution in [2.45, 2.75) is 25.7 Å². The van der Waals surface area contributed by atoms with Crippen molar-refractivity contribution in [2.75, 3.05) is 0 Å². The first-order chi connectivity index (χ1) is 7.53. The van der Waals surface area contributed by atoms with Gasteiger partial charge in [0.15, 0.2) is 0 Å². The van der Waals surface area contributed by atoms with Crippen LogP contribution in [-0.4, -0.2) is 11.1 Å². The van der Waals surface area contributed by atoms with Crippen molar-refractivity contribution in [1.29, 1.82) is 0 Å². The van der Waals surface area contributed by atoms with E-state index in [1.807, 2.05) is 0 Å². The molecule has 0 aromatic heterocycles. The quantitative estimate of drug-likeness (QED) is 0.896. The zero-order chi connectivity index (χ0) is 11.8. The lowest BCUT2D eigenvalue weighted by molar-refractivity contribution is -0.154. The van der Waals surface area contributed by atoms with E-state index >= 15 is 0 Å². The fraction of sp³-hybridized carbons (Fsp3) is 0.417. The average molecular weight is 259 g/mol. The second-order valence-corrected chi connectivity index (χ2v) is 5.20. The molecular formula is C12H12Cl2O2. The number of halogens is 2. The van der Waals surface area contributed by atoms with Gasteiger partial charge in [0.1, 0.15) is 0 Å². The van der Waals surface area contributed by atoms with Gasteiger partial charge >= 0.3 is 5.97 Å². The molecule has 1 saturated carbocycles. The van der Waals surface area contributed by atoms with E-state index in [4.69, 9.17) is 23.2 Å². The third kappa shape index (κ3) is 2.04. The maximum Gasteiger partial charge on any atom is 0.309 e. The molecule has 0 atom stereocenters. The van der Waals surface area contributed by atoms with Crippen LogP contribution in [0.3, 0.4) is 0 Å². The van der Waals surface area contributed by atoms with Crippen LogP contribution in [0.4, 0.5) is 0 Å². The van der Waals surface area contributed by atoms with Crippen molar-refractivity contribution in [1.82, 2.24) is 0 Å². The molecule has 2 rings (SSSR count). The van der Waals surface area contributed by atoms with Crippen LogP contribution in [0.5, 0.6) is 0 Å². The van der Waals surface area contributed by atoms with Gasteiger partial charge in [-0.25, -0.2) is 0 Å². The first-order valence-corrected chi connectivity index (χ1v) is 5.96. The lowest BCUT2D eigenvalue weighted by Crippen LogP contribution is -2.39. The van der Waals surface area contributed by atoms with E-state index in [0.717, 1.165) is 24.8 Å². The summed E-state index contributed by atoms with van der Waals surface area (Å²) in [5.41, 5.74) is 0.213. The van der Waals surface area contributed by atoms with Crippen molar-refractivity contribution < 1.29 is 9.90 Å². The molecule has 1 N–H and O–H groups in total. The average Bonchev–Trinajstić information content (AvgIpc) is 2.16. The summed E-state index contributed by atoms with van der Waals surface area (Å²) >= 11 is 11.9. The Kier molecular flexibility index (Phi) is 3.13. The molecule has 86 valence electrons. The second-order valence-electron chi connectivity index (χ2n) is 4.35. The first-order valence-electron chi connectivity index (χ1n) is 5.21. The van der Waals surface area contributed by atoms with Gasteiger partial charge in [0.2, 0.25) is 0 Å². The van der Waals surface area contributed by atoms with E-state index in [2.05, 4.69) is 0 Å². The van der Waals surface area contributed by atoms with Crippen LogP contribution in [-0.2, 0) is 11.2 Å². The molecule has 0 radical (unpaired) electrons. The van der Waals surface area contributed by atoms with Crippen molar-refractivity contribution in [3.05, 3.63) is 33.8 Å². The van der Waals surface area contributed by atoms with Crippen LogP contribution in [0.15, 0.2) is 18.2 Å². The van der Waals surface area contributed by atoms with Gasteiger partial charge in [-0.15, -0.1) is 0 Å². The van der Waals surface area contributed by atoms with E-state index < -0.39 is 11.4 Å². The fourth-order valence-electron chi connectivity index (χ4n) is 2.11. The summed E-state index contributed by atoms with van der Waals surface area (Å²) in [6.45, 7) is 0. The number of rotatable bonds is 3. The third-order valence-corrected chi connectivity index (χ3v) is 3.90. The van der Waals surface area contributed by atoms with E-state index in [9.17, 15) is 9.90 Å². The maximum atomic E-state index is 11.2. The number of carboxylic acid groups (broad SMARTS) is 1. The van der Waals surface area contributed by atoms with Crippen LogP contribution in [0.25, 0.3) is 0 Å². The molecule has 0 saturated heterocycles. The van der Waals surface area contributed by atoms with E-state index in [1.165, 1.54) is 0 Å². The van der Waals surface area contributed by atoms with Crippen LogP contribution in [0, 0.1) is 5.41 Å². The smallest absolute Gasteiger partial charge is 0.309 e. The highest BCUT2D eigenvalue weighted by Crippen LogP contribution is 2.45. The summed E-state index contributed by atoms with van der Waals surface area (Å²) in [7, 11) is 0. The minimum absolute atomic E-state index is 0.474. The van der Waals surface area contributed by atoms with Crippen molar-refractivity contribution in [3.63, 3.8) is 0 Å². The molecule has 2 nitrogen and oxygen atoms in total. The van der Waals surface area contributed by atoms with Crippen LogP contribution < -0.4 is 0 Å². The van der Waals surface area contributed by atoms with Crippen LogP contribution >= 0.6 is 23.2 Å². The van der Waals surface area contributed by atoms with Gasteiger partial charge in [-0.05, 0) is 43.0 Å². The standard InChI is InChI=1S/C12H12Cl2O2/c13-9-2-3-10(14)8(6-9)7-12(11(15)16)4-1-5-12/h2-3,6H,1,4-5,7H2,(H,15,16). The molecule has 4 heteroatoms. The predicted octanol–water partition coefficient (Wildman–Crippen LogP) is 3.79. The maximum absolute atomic E-state index is 11.2. The lowest BCUT2D eigenvalue weighted by Gasteiger charge is -2.38. The first kappa shape index (κ1) is 11.7. The number of hydrogen-bond donors (Lipinski definition) is 1. The highest BCUT2D eigenvalue weighted by Gasteiger charge is 2.44. The Balaban J connectivity index is 2.26. The van der Waals surface area contributed by atoms with Gasteiger partial charge in [0, 0.05) is 10.0 Å². The molecule has 0 unspecified atom stereocenters. The van der Waals surface area contributed by atoms with E-state index in [1.54, 1.807) is 18.2 Å². The highest BCUT2D eigenvalue weighted by molar-refractivity contribution is 6.33. The Hall–Kier alpha value is -0.730. The highest BCUT2D eigenvalue weighted by atomic mass is 35.5. The van der Waals surface area contributed by atoms with Gasteiger partial charge in [0.25, 0.3) is 0 Å². The minimum atomic E-state index is -0.727. The lowest BCUT2D eigenvalue weighted by atomic mass is 9.65. The summed E-state index contributed by atoms with van der Waals surface area (Å²) in [5, 5.41) is 10.4. The van der Waals surface area contributed by atoms with Gasteiger partial charge < -0.3 is 5.11 Å². The van der Waals surface area contributed by atoms with Crippen molar-refractivity contribution in [2.24, 2.45) is 5.41 Å². The largest absolute Gasteiger partial charge is 0.481 e. The Morgan fingerprint density at radius 2 is 2.06 bits per heavy atom. The molecule has 1 aliphatic rings. The van der Waals surface area contributed by atoms with Gasteiger partial charge in [-0.3, -0.25) is 4.79 Å². The zero-order valence-electron chi connectivity index (χ0n) is 8.67. The van der Waals surface area contributed by atoms with Crippen molar-refractivity contribution >= 4 is 29.2 Å². The Labute approximate surface area is 104 Å². The summed E-state index contributed by atoms with van der Waals surface area (Å²) < 4.78 is 0. The van der Waals surface area contributed by atoms with Gasteiger partial charge in [-0.1, -0.05) is 29.6 Å².